The van der Waals surface area contributed by atoms with Crippen LogP contribution in [0.1, 0.15) is 22.8 Å². The Kier molecular flexibility index (Phi) is 5.10. The first-order valence-corrected chi connectivity index (χ1v) is 7.37. The quantitative estimate of drug-likeness (QED) is 0.832. The van der Waals surface area contributed by atoms with Crippen molar-refractivity contribution in [2.24, 2.45) is 0 Å². The Labute approximate surface area is 134 Å². The minimum Gasteiger partial charge on any atom is -0.385 e. The van der Waals surface area contributed by atoms with Crippen molar-refractivity contribution >= 4 is 40.5 Å². The van der Waals surface area contributed by atoms with E-state index in [1.54, 1.807) is 24.3 Å². The molecule has 21 heavy (non-hydrogen) atoms. The second-order valence-corrected chi connectivity index (χ2v) is 5.48. The largest absolute Gasteiger partial charge is 0.385 e. The lowest BCUT2D eigenvalue weighted by molar-refractivity contribution is 0.102. The third-order valence-corrected chi connectivity index (χ3v) is 3.59. The molecule has 3 nitrogen and oxygen atoms in total. The molecular weight excluding hydrogens is 307 g/mol. The first kappa shape index (κ1) is 15.7. The van der Waals surface area contributed by atoms with Crippen LogP contribution in [0.15, 0.2) is 36.4 Å². The lowest BCUT2D eigenvalue weighted by atomic mass is 10.1. The molecule has 2 aromatic carbocycles. The SMILES string of the molecule is CCNc1ccc(C(=O)Nc2cc(Cl)ccc2Cl)c(C)c1. The summed E-state index contributed by atoms with van der Waals surface area (Å²) in [5.41, 5.74) is 2.99. The second-order valence-electron chi connectivity index (χ2n) is 4.64. The number of anilines is 2. The van der Waals surface area contributed by atoms with Crippen LogP contribution in [0.2, 0.25) is 10.0 Å². The van der Waals surface area contributed by atoms with Gasteiger partial charge in [0.15, 0.2) is 0 Å². The summed E-state index contributed by atoms with van der Waals surface area (Å²) in [5.74, 6) is -0.209. The molecule has 2 rings (SSSR count). The van der Waals surface area contributed by atoms with E-state index < -0.39 is 0 Å². The van der Waals surface area contributed by atoms with Gasteiger partial charge in [-0.2, -0.15) is 0 Å². The maximum Gasteiger partial charge on any atom is 0.255 e. The normalized spacial score (nSPS) is 10.3. The van der Waals surface area contributed by atoms with E-state index in [0.717, 1.165) is 17.8 Å². The van der Waals surface area contributed by atoms with Gasteiger partial charge in [-0.25, -0.2) is 0 Å². The van der Waals surface area contributed by atoms with E-state index in [4.69, 9.17) is 23.2 Å². The number of amides is 1. The number of hydrogen-bond acceptors (Lipinski definition) is 2. The van der Waals surface area contributed by atoms with Gasteiger partial charge in [-0.1, -0.05) is 23.2 Å². The predicted octanol–water partition coefficient (Wildman–Crippen LogP) is 4.99. The number of aryl methyl sites for hydroxylation is 1. The summed E-state index contributed by atoms with van der Waals surface area (Å²) < 4.78 is 0. The summed E-state index contributed by atoms with van der Waals surface area (Å²) in [5, 5.41) is 6.97. The van der Waals surface area contributed by atoms with Crippen LogP contribution in [-0.4, -0.2) is 12.5 Å². The lowest BCUT2D eigenvalue weighted by Gasteiger charge is -2.11. The molecule has 1 amide bonds. The van der Waals surface area contributed by atoms with Gasteiger partial charge in [0.05, 0.1) is 10.7 Å². The van der Waals surface area contributed by atoms with E-state index in [9.17, 15) is 4.79 Å². The number of benzene rings is 2. The molecule has 0 saturated carbocycles. The molecule has 0 saturated heterocycles. The molecule has 0 aromatic heterocycles. The number of carbonyl (C=O) groups is 1. The Bertz CT molecular complexity index is 671. The Balaban J connectivity index is 2.22. The molecule has 110 valence electrons. The highest BCUT2D eigenvalue weighted by molar-refractivity contribution is 6.35. The smallest absolute Gasteiger partial charge is 0.255 e. The van der Waals surface area contributed by atoms with E-state index in [0.29, 0.717) is 21.3 Å². The summed E-state index contributed by atoms with van der Waals surface area (Å²) in [6, 6.07) is 10.6. The van der Waals surface area contributed by atoms with Crippen molar-refractivity contribution < 1.29 is 4.79 Å². The number of nitrogens with one attached hydrogen (secondary N) is 2. The maximum atomic E-state index is 12.3. The molecule has 0 heterocycles. The minimum absolute atomic E-state index is 0.209. The molecule has 0 atom stereocenters. The molecule has 5 heteroatoms. The summed E-state index contributed by atoms with van der Waals surface area (Å²) >= 11 is 12.0. The van der Waals surface area contributed by atoms with Crippen LogP contribution in [0, 0.1) is 6.92 Å². The summed E-state index contributed by atoms with van der Waals surface area (Å²) in [6.07, 6.45) is 0. The molecule has 0 fully saturated rings. The van der Waals surface area contributed by atoms with Crippen molar-refractivity contribution in [3.63, 3.8) is 0 Å². The topological polar surface area (TPSA) is 41.1 Å². The highest BCUT2D eigenvalue weighted by atomic mass is 35.5. The maximum absolute atomic E-state index is 12.3. The first-order chi connectivity index (χ1) is 10.0. The third-order valence-electron chi connectivity index (χ3n) is 3.03. The van der Waals surface area contributed by atoms with Gasteiger partial charge in [0.25, 0.3) is 5.91 Å². The molecule has 0 radical (unpaired) electrons. The summed E-state index contributed by atoms with van der Waals surface area (Å²) in [6.45, 7) is 4.76. The van der Waals surface area contributed by atoms with Gasteiger partial charge in [0.2, 0.25) is 0 Å². The summed E-state index contributed by atoms with van der Waals surface area (Å²) in [4.78, 5) is 12.3. The molecule has 0 unspecified atom stereocenters. The molecule has 0 aliphatic rings. The van der Waals surface area contributed by atoms with Crippen LogP contribution in [0.3, 0.4) is 0 Å². The van der Waals surface area contributed by atoms with Crippen molar-refractivity contribution in [2.45, 2.75) is 13.8 Å². The average Bonchev–Trinajstić information content (AvgIpc) is 2.43. The van der Waals surface area contributed by atoms with Crippen LogP contribution < -0.4 is 10.6 Å². The van der Waals surface area contributed by atoms with Gasteiger partial charge in [0.1, 0.15) is 0 Å². The fourth-order valence-electron chi connectivity index (χ4n) is 2.02. The molecular formula is C16H16Cl2N2O. The van der Waals surface area contributed by atoms with Crippen LogP contribution in [0.25, 0.3) is 0 Å². The number of rotatable bonds is 4. The molecule has 0 bridgehead atoms. The van der Waals surface area contributed by atoms with Crippen molar-refractivity contribution in [2.75, 3.05) is 17.2 Å². The fourth-order valence-corrected chi connectivity index (χ4v) is 2.35. The highest BCUT2D eigenvalue weighted by Gasteiger charge is 2.11. The van der Waals surface area contributed by atoms with Crippen molar-refractivity contribution in [1.29, 1.82) is 0 Å². The van der Waals surface area contributed by atoms with Gasteiger partial charge in [-0.05, 0) is 55.8 Å². The number of hydrogen-bond donors (Lipinski definition) is 2. The molecule has 2 N–H and O–H groups in total. The Morgan fingerprint density at radius 1 is 1.14 bits per heavy atom. The first-order valence-electron chi connectivity index (χ1n) is 6.62. The Morgan fingerprint density at radius 2 is 1.90 bits per heavy atom. The monoisotopic (exact) mass is 322 g/mol. The van der Waals surface area contributed by atoms with E-state index in [-0.39, 0.29) is 5.91 Å². The highest BCUT2D eigenvalue weighted by Crippen LogP contribution is 2.26. The lowest BCUT2D eigenvalue weighted by Crippen LogP contribution is -2.14. The van der Waals surface area contributed by atoms with Crippen LogP contribution in [-0.2, 0) is 0 Å². The Morgan fingerprint density at radius 3 is 2.57 bits per heavy atom. The van der Waals surface area contributed by atoms with E-state index >= 15 is 0 Å². The third kappa shape index (κ3) is 3.90. The molecule has 0 aliphatic heterocycles. The van der Waals surface area contributed by atoms with E-state index in [1.165, 1.54) is 0 Å². The van der Waals surface area contributed by atoms with Gasteiger partial charge in [-0.3, -0.25) is 4.79 Å². The molecule has 0 aliphatic carbocycles. The van der Waals surface area contributed by atoms with Gasteiger partial charge >= 0.3 is 0 Å². The molecule has 2 aromatic rings. The van der Waals surface area contributed by atoms with E-state index in [2.05, 4.69) is 10.6 Å². The zero-order valence-corrected chi connectivity index (χ0v) is 13.3. The average molecular weight is 323 g/mol. The van der Waals surface area contributed by atoms with Crippen LogP contribution in [0.5, 0.6) is 0 Å². The number of halogens is 2. The van der Waals surface area contributed by atoms with Crippen molar-refractivity contribution in [3.05, 3.63) is 57.6 Å². The molecule has 0 spiro atoms. The zero-order chi connectivity index (χ0) is 15.4. The van der Waals surface area contributed by atoms with Gasteiger partial charge in [0, 0.05) is 22.8 Å². The zero-order valence-electron chi connectivity index (χ0n) is 11.8. The number of carbonyl (C=O) groups excluding carboxylic acids is 1. The standard InChI is InChI=1S/C16H16Cl2N2O/c1-3-19-12-5-6-13(10(2)8-12)16(21)20-15-9-11(17)4-7-14(15)18/h4-9,19H,3H2,1-2H3,(H,20,21). The van der Waals surface area contributed by atoms with Gasteiger partial charge < -0.3 is 10.6 Å². The van der Waals surface area contributed by atoms with Crippen molar-refractivity contribution in [3.8, 4) is 0 Å². The van der Waals surface area contributed by atoms with Crippen LogP contribution >= 0.6 is 23.2 Å². The second kappa shape index (κ2) is 6.83. The van der Waals surface area contributed by atoms with E-state index in [1.807, 2.05) is 26.0 Å². The Hall–Kier alpha value is -1.71. The van der Waals surface area contributed by atoms with Gasteiger partial charge in [-0.15, -0.1) is 0 Å². The fraction of sp³-hybridized carbons (Fsp3) is 0.188. The summed E-state index contributed by atoms with van der Waals surface area (Å²) in [7, 11) is 0. The predicted molar refractivity (Wildman–Crippen MR) is 89.8 cm³/mol. The van der Waals surface area contributed by atoms with Crippen molar-refractivity contribution in [1.82, 2.24) is 0 Å². The minimum atomic E-state index is -0.209. The van der Waals surface area contributed by atoms with Crippen LogP contribution in [0.4, 0.5) is 11.4 Å².